The van der Waals surface area contributed by atoms with Gasteiger partial charge in [-0.3, -0.25) is 20.2 Å². The van der Waals surface area contributed by atoms with Crippen LogP contribution in [0.4, 0.5) is 10.8 Å². The van der Waals surface area contributed by atoms with E-state index < -0.39 is 10.8 Å². The first-order chi connectivity index (χ1) is 10.9. The standard InChI is InChI=1S/C14H16N4O4S/c1-8(15)5-10-7-23-14(16-10)17-13(19)9-3-4-12(22-2)11(6-9)18(20)21/h3-4,6-8H,5,15H2,1-2H3,(H,16,17,19). The Labute approximate surface area is 136 Å². The van der Waals surface area contributed by atoms with Crippen molar-refractivity contribution in [3.05, 3.63) is 45.0 Å². The van der Waals surface area contributed by atoms with Gasteiger partial charge in [0.2, 0.25) is 0 Å². The van der Waals surface area contributed by atoms with E-state index in [1.54, 1.807) is 0 Å². The Morgan fingerprint density at radius 1 is 1.57 bits per heavy atom. The average Bonchev–Trinajstić information content (AvgIpc) is 2.92. The number of hydrogen-bond donors (Lipinski definition) is 2. The monoisotopic (exact) mass is 336 g/mol. The van der Waals surface area contributed by atoms with Crippen LogP contribution in [0.5, 0.6) is 5.75 Å². The van der Waals surface area contributed by atoms with Crippen LogP contribution in [0.2, 0.25) is 0 Å². The molecule has 23 heavy (non-hydrogen) atoms. The fourth-order valence-electron chi connectivity index (χ4n) is 1.93. The van der Waals surface area contributed by atoms with Crippen molar-refractivity contribution in [3.8, 4) is 5.75 Å². The number of ether oxygens (including phenoxy) is 1. The van der Waals surface area contributed by atoms with Gasteiger partial charge in [-0.2, -0.15) is 0 Å². The largest absolute Gasteiger partial charge is 0.490 e. The summed E-state index contributed by atoms with van der Waals surface area (Å²) in [5.41, 5.74) is 6.38. The van der Waals surface area contributed by atoms with Gasteiger partial charge < -0.3 is 10.5 Å². The fraction of sp³-hybridized carbons (Fsp3) is 0.286. The molecule has 8 nitrogen and oxygen atoms in total. The van der Waals surface area contributed by atoms with Crippen molar-refractivity contribution in [2.24, 2.45) is 5.73 Å². The Balaban J connectivity index is 2.16. The molecular weight excluding hydrogens is 320 g/mol. The molecule has 1 aromatic heterocycles. The lowest BCUT2D eigenvalue weighted by Crippen LogP contribution is -2.18. The molecule has 0 aliphatic rings. The van der Waals surface area contributed by atoms with Gasteiger partial charge in [-0.05, 0) is 19.1 Å². The molecule has 1 aromatic carbocycles. The van der Waals surface area contributed by atoms with Gasteiger partial charge in [0.25, 0.3) is 5.91 Å². The number of carbonyl (C=O) groups is 1. The minimum absolute atomic E-state index is 0.0233. The Morgan fingerprint density at radius 2 is 2.30 bits per heavy atom. The molecule has 3 N–H and O–H groups in total. The molecule has 0 radical (unpaired) electrons. The number of rotatable bonds is 6. The predicted octanol–water partition coefficient (Wildman–Crippen LogP) is 2.20. The van der Waals surface area contributed by atoms with Crippen LogP contribution >= 0.6 is 11.3 Å². The van der Waals surface area contributed by atoms with Gasteiger partial charge in [0.05, 0.1) is 17.7 Å². The molecule has 0 spiro atoms. The van der Waals surface area contributed by atoms with Crippen LogP contribution in [0.15, 0.2) is 23.6 Å². The average molecular weight is 336 g/mol. The van der Waals surface area contributed by atoms with Crippen molar-refractivity contribution in [1.82, 2.24) is 4.98 Å². The second-order valence-electron chi connectivity index (χ2n) is 4.92. The zero-order valence-corrected chi connectivity index (χ0v) is 13.4. The molecule has 1 unspecified atom stereocenters. The molecule has 9 heteroatoms. The van der Waals surface area contributed by atoms with Crippen molar-refractivity contribution in [3.63, 3.8) is 0 Å². The van der Waals surface area contributed by atoms with Gasteiger partial charge in [0.1, 0.15) is 0 Å². The molecule has 0 aliphatic carbocycles. The molecule has 1 atom stereocenters. The molecule has 0 bridgehead atoms. The third-order valence-corrected chi connectivity index (χ3v) is 3.75. The van der Waals surface area contributed by atoms with Crippen LogP contribution < -0.4 is 15.8 Å². The highest BCUT2D eigenvalue weighted by atomic mass is 32.1. The van der Waals surface area contributed by atoms with E-state index in [-0.39, 0.29) is 23.0 Å². The maximum Gasteiger partial charge on any atom is 0.311 e. The maximum atomic E-state index is 12.2. The summed E-state index contributed by atoms with van der Waals surface area (Å²) in [6.45, 7) is 1.87. The molecule has 0 fully saturated rings. The van der Waals surface area contributed by atoms with Crippen molar-refractivity contribution in [2.75, 3.05) is 12.4 Å². The highest BCUT2D eigenvalue weighted by Crippen LogP contribution is 2.28. The second-order valence-corrected chi connectivity index (χ2v) is 5.78. The predicted molar refractivity (Wildman–Crippen MR) is 87.1 cm³/mol. The summed E-state index contributed by atoms with van der Waals surface area (Å²) in [6.07, 6.45) is 0.611. The molecule has 2 rings (SSSR count). The number of anilines is 1. The Kier molecular flexibility index (Phi) is 5.24. The summed E-state index contributed by atoms with van der Waals surface area (Å²) in [6, 6.07) is 3.99. The van der Waals surface area contributed by atoms with Gasteiger partial charge >= 0.3 is 5.69 Å². The van der Waals surface area contributed by atoms with E-state index in [2.05, 4.69) is 10.3 Å². The summed E-state index contributed by atoms with van der Waals surface area (Å²) in [5.74, 6) is -0.377. The van der Waals surface area contributed by atoms with Gasteiger partial charge in [-0.25, -0.2) is 4.98 Å². The lowest BCUT2D eigenvalue weighted by Gasteiger charge is -2.05. The molecule has 0 aliphatic heterocycles. The first-order valence-electron chi connectivity index (χ1n) is 6.74. The van der Waals surface area contributed by atoms with Crippen molar-refractivity contribution in [2.45, 2.75) is 19.4 Å². The molecule has 1 heterocycles. The maximum absolute atomic E-state index is 12.2. The number of nitro benzene ring substituents is 1. The number of methoxy groups -OCH3 is 1. The number of amides is 1. The van der Waals surface area contributed by atoms with Crippen LogP contribution in [0.1, 0.15) is 23.0 Å². The number of carbonyl (C=O) groups excluding carboxylic acids is 1. The molecule has 0 saturated heterocycles. The number of nitro groups is 1. The first-order valence-corrected chi connectivity index (χ1v) is 7.62. The topological polar surface area (TPSA) is 120 Å². The third-order valence-electron chi connectivity index (χ3n) is 2.94. The second kappa shape index (κ2) is 7.16. The molecule has 2 aromatic rings. The Bertz CT molecular complexity index is 729. The van der Waals surface area contributed by atoms with Crippen molar-refractivity contribution in [1.29, 1.82) is 0 Å². The highest BCUT2D eigenvalue weighted by Gasteiger charge is 2.18. The van der Waals surface area contributed by atoms with Gasteiger partial charge in [-0.15, -0.1) is 11.3 Å². The molecule has 1 amide bonds. The zero-order valence-electron chi connectivity index (χ0n) is 12.6. The number of nitrogens with zero attached hydrogens (tertiary/aromatic N) is 2. The van der Waals surface area contributed by atoms with Crippen LogP contribution in [-0.4, -0.2) is 29.0 Å². The Hall–Kier alpha value is -2.52. The van der Waals surface area contributed by atoms with Gasteiger partial charge in [0.15, 0.2) is 10.9 Å². The number of thiazole rings is 1. The molecule has 0 saturated carbocycles. The molecule has 122 valence electrons. The van der Waals surface area contributed by atoms with E-state index in [1.807, 2.05) is 12.3 Å². The van der Waals surface area contributed by atoms with Crippen LogP contribution in [0.25, 0.3) is 0 Å². The number of benzene rings is 1. The summed E-state index contributed by atoms with van der Waals surface area (Å²) in [5, 5.41) is 15.8. The van der Waals surface area contributed by atoms with Gasteiger partial charge in [0, 0.05) is 29.5 Å². The van der Waals surface area contributed by atoms with Crippen LogP contribution in [0, 0.1) is 10.1 Å². The zero-order chi connectivity index (χ0) is 17.0. The van der Waals surface area contributed by atoms with Crippen molar-refractivity contribution >= 4 is 28.1 Å². The summed E-state index contributed by atoms with van der Waals surface area (Å²) in [4.78, 5) is 26.8. The number of nitrogens with one attached hydrogen (secondary N) is 1. The number of aromatic nitrogens is 1. The summed E-state index contributed by atoms with van der Waals surface area (Å²) >= 11 is 1.28. The van der Waals surface area contributed by atoms with E-state index in [1.165, 1.54) is 36.6 Å². The van der Waals surface area contributed by atoms with E-state index in [0.29, 0.717) is 11.6 Å². The SMILES string of the molecule is COc1ccc(C(=O)Nc2nc(CC(C)N)cs2)cc1[N+](=O)[O-]. The quantitative estimate of drug-likeness (QED) is 0.616. The van der Waals surface area contributed by atoms with Gasteiger partial charge in [-0.1, -0.05) is 0 Å². The van der Waals surface area contributed by atoms with Crippen molar-refractivity contribution < 1.29 is 14.5 Å². The third kappa shape index (κ3) is 4.24. The number of hydrogen-bond acceptors (Lipinski definition) is 7. The summed E-state index contributed by atoms with van der Waals surface area (Å²) in [7, 11) is 1.33. The first kappa shape index (κ1) is 16.8. The highest BCUT2D eigenvalue weighted by molar-refractivity contribution is 7.14. The molecular formula is C14H16N4O4S. The minimum atomic E-state index is -0.597. The smallest absolute Gasteiger partial charge is 0.311 e. The number of nitrogens with two attached hydrogens (primary N) is 1. The van der Waals surface area contributed by atoms with E-state index in [4.69, 9.17) is 10.5 Å². The summed E-state index contributed by atoms with van der Waals surface area (Å²) < 4.78 is 4.90. The Morgan fingerprint density at radius 3 is 2.91 bits per heavy atom. The normalized spacial score (nSPS) is 11.8. The van der Waals surface area contributed by atoms with Crippen LogP contribution in [0.3, 0.4) is 0 Å². The minimum Gasteiger partial charge on any atom is -0.490 e. The lowest BCUT2D eigenvalue weighted by molar-refractivity contribution is -0.385. The van der Waals surface area contributed by atoms with E-state index >= 15 is 0 Å². The fourth-order valence-corrected chi connectivity index (χ4v) is 2.65. The lowest BCUT2D eigenvalue weighted by atomic mass is 10.2. The van der Waals surface area contributed by atoms with E-state index in [9.17, 15) is 14.9 Å². The van der Waals surface area contributed by atoms with Crippen LogP contribution in [-0.2, 0) is 6.42 Å². The van der Waals surface area contributed by atoms with E-state index in [0.717, 1.165) is 5.69 Å².